The number of aliphatic hydroxyl groups is 1. The minimum Gasteiger partial charge on any atom is -0.481 e. The molecule has 2 fully saturated rings. The third-order valence-corrected chi connectivity index (χ3v) is 4.28. The number of fused-ring (bicyclic) bond motifs is 2. The summed E-state index contributed by atoms with van der Waals surface area (Å²) in [6.07, 6.45) is 2.17. The van der Waals surface area contributed by atoms with Crippen molar-refractivity contribution in [3.63, 3.8) is 0 Å². The van der Waals surface area contributed by atoms with Crippen LogP contribution in [0.2, 0.25) is 0 Å². The quantitative estimate of drug-likeness (QED) is 0.716. The van der Waals surface area contributed by atoms with E-state index in [1.54, 1.807) is 16.9 Å². The highest BCUT2D eigenvalue weighted by Gasteiger charge is 2.52. The van der Waals surface area contributed by atoms with Crippen LogP contribution in [0.1, 0.15) is 19.3 Å². The van der Waals surface area contributed by atoms with Crippen molar-refractivity contribution in [1.29, 1.82) is 0 Å². The smallest absolute Gasteiger partial charge is 0.320 e. The molecule has 0 aromatic rings. The Labute approximate surface area is 118 Å². The molecule has 2 saturated heterocycles. The van der Waals surface area contributed by atoms with E-state index in [1.165, 1.54) is 0 Å². The molecule has 2 amide bonds. The van der Waals surface area contributed by atoms with Crippen LogP contribution in [0.15, 0.2) is 0 Å². The van der Waals surface area contributed by atoms with Gasteiger partial charge < -0.3 is 24.7 Å². The second-order valence-corrected chi connectivity index (χ2v) is 5.37. The lowest BCUT2D eigenvalue weighted by atomic mass is 9.89. The van der Waals surface area contributed by atoms with E-state index in [2.05, 4.69) is 0 Å². The van der Waals surface area contributed by atoms with Crippen molar-refractivity contribution < 1.29 is 24.5 Å². The van der Waals surface area contributed by atoms with E-state index < -0.39 is 11.9 Å². The zero-order valence-corrected chi connectivity index (χ0v) is 11.7. The molecule has 3 unspecified atom stereocenters. The zero-order chi connectivity index (χ0) is 14.7. The molecule has 2 N–H and O–H groups in total. The molecule has 7 nitrogen and oxygen atoms in total. The first kappa shape index (κ1) is 15.1. The average molecular weight is 286 g/mol. The number of amides is 2. The van der Waals surface area contributed by atoms with E-state index in [4.69, 9.17) is 9.84 Å². The highest BCUT2D eigenvalue weighted by molar-refractivity contribution is 5.79. The molecule has 2 heterocycles. The molecule has 2 aliphatic heterocycles. The maximum absolute atomic E-state index is 12.6. The van der Waals surface area contributed by atoms with Gasteiger partial charge in [0.1, 0.15) is 0 Å². The fourth-order valence-corrected chi connectivity index (χ4v) is 3.34. The lowest BCUT2D eigenvalue weighted by molar-refractivity contribution is -0.142. The number of aliphatic hydroxyl groups excluding tert-OH is 1. The highest BCUT2D eigenvalue weighted by Crippen LogP contribution is 2.42. The fourth-order valence-electron chi connectivity index (χ4n) is 3.34. The third kappa shape index (κ3) is 2.73. The van der Waals surface area contributed by atoms with Crippen LogP contribution in [0.25, 0.3) is 0 Å². The lowest BCUT2D eigenvalue weighted by Crippen LogP contribution is -2.48. The number of carbonyl (C=O) groups excluding carboxylic acids is 1. The van der Waals surface area contributed by atoms with Gasteiger partial charge in [0.2, 0.25) is 0 Å². The number of rotatable bonds is 6. The van der Waals surface area contributed by atoms with Crippen molar-refractivity contribution in [1.82, 2.24) is 9.80 Å². The summed E-state index contributed by atoms with van der Waals surface area (Å²) in [7, 11) is 1.56. The average Bonchev–Trinajstić information content (AvgIpc) is 3.00. The number of carbonyl (C=O) groups is 2. The number of hydrogen-bond donors (Lipinski definition) is 2. The third-order valence-electron chi connectivity index (χ3n) is 4.28. The summed E-state index contributed by atoms with van der Waals surface area (Å²) in [6, 6.07) is -0.349. The number of urea groups is 1. The Hall–Kier alpha value is -1.34. The van der Waals surface area contributed by atoms with Crippen LogP contribution in [0.3, 0.4) is 0 Å². The van der Waals surface area contributed by atoms with E-state index in [1.807, 2.05) is 0 Å². The largest absolute Gasteiger partial charge is 0.481 e. The first-order valence-corrected chi connectivity index (χ1v) is 7.00. The normalized spacial score (nSPS) is 27.9. The van der Waals surface area contributed by atoms with Crippen LogP contribution in [0.4, 0.5) is 4.79 Å². The van der Waals surface area contributed by atoms with Gasteiger partial charge >= 0.3 is 12.0 Å². The number of nitrogens with zero attached hydrogens (tertiary/aromatic N) is 2. The first-order chi connectivity index (χ1) is 9.60. The van der Waals surface area contributed by atoms with Gasteiger partial charge in [0, 0.05) is 32.3 Å². The van der Waals surface area contributed by atoms with Crippen LogP contribution < -0.4 is 0 Å². The van der Waals surface area contributed by atoms with Gasteiger partial charge in [-0.15, -0.1) is 0 Å². The number of methoxy groups -OCH3 is 1. The van der Waals surface area contributed by atoms with Gasteiger partial charge in [-0.1, -0.05) is 0 Å². The van der Waals surface area contributed by atoms with Crippen LogP contribution in [0, 0.1) is 5.92 Å². The van der Waals surface area contributed by atoms with Gasteiger partial charge in [-0.2, -0.15) is 0 Å². The Morgan fingerprint density at radius 3 is 2.65 bits per heavy atom. The number of carboxylic acids is 1. The lowest BCUT2D eigenvalue weighted by Gasteiger charge is -2.30. The minimum atomic E-state index is -0.819. The molecule has 0 saturated carbocycles. The summed E-state index contributed by atoms with van der Waals surface area (Å²) < 4.78 is 4.97. The molecule has 0 aromatic heterocycles. The fraction of sp³-hybridized carbons (Fsp3) is 0.846. The molecule has 2 rings (SSSR count). The SMILES string of the molecule is COCCN(CCO)C(=O)N1C2CCC1C(C(=O)O)C2. The predicted octanol–water partition coefficient (Wildman–Crippen LogP) is -0.0154. The van der Waals surface area contributed by atoms with E-state index in [0.29, 0.717) is 19.6 Å². The summed E-state index contributed by atoms with van der Waals surface area (Å²) in [4.78, 5) is 27.0. The van der Waals surface area contributed by atoms with Crippen LogP contribution >= 0.6 is 0 Å². The molecule has 2 aliphatic rings. The molecule has 2 bridgehead atoms. The van der Waals surface area contributed by atoms with E-state index >= 15 is 0 Å². The van der Waals surface area contributed by atoms with E-state index in [9.17, 15) is 14.7 Å². The Morgan fingerprint density at radius 2 is 2.10 bits per heavy atom. The van der Waals surface area contributed by atoms with Gasteiger partial charge in [-0.3, -0.25) is 4.79 Å². The maximum atomic E-state index is 12.6. The van der Waals surface area contributed by atoms with E-state index in [-0.39, 0.29) is 31.3 Å². The summed E-state index contributed by atoms with van der Waals surface area (Å²) in [5.74, 6) is -1.27. The molecule has 0 spiro atoms. The molecule has 20 heavy (non-hydrogen) atoms. The minimum absolute atomic E-state index is 0.0253. The molecular weight excluding hydrogens is 264 g/mol. The Morgan fingerprint density at radius 1 is 1.35 bits per heavy atom. The summed E-state index contributed by atoms with van der Waals surface area (Å²) in [6.45, 7) is 0.942. The predicted molar refractivity (Wildman–Crippen MR) is 70.3 cm³/mol. The molecule has 0 aromatic carbocycles. The van der Waals surface area contributed by atoms with Crippen LogP contribution in [-0.2, 0) is 9.53 Å². The van der Waals surface area contributed by atoms with Crippen molar-refractivity contribution in [2.45, 2.75) is 31.3 Å². The second kappa shape index (κ2) is 6.41. The Bertz CT molecular complexity index is 376. The van der Waals surface area contributed by atoms with Gasteiger partial charge in [0.15, 0.2) is 0 Å². The molecule has 0 radical (unpaired) electrons. The summed E-state index contributed by atoms with van der Waals surface area (Å²) in [5, 5.41) is 18.3. The number of hydrogen-bond acceptors (Lipinski definition) is 4. The van der Waals surface area contributed by atoms with Crippen molar-refractivity contribution in [3.05, 3.63) is 0 Å². The van der Waals surface area contributed by atoms with Crippen molar-refractivity contribution in [2.24, 2.45) is 5.92 Å². The number of carboxylic acid groups (broad SMARTS) is 1. The Kier molecular flexibility index (Phi) is 4.82. The van der Waals surface area contributed by atoms with Crippen molar-refractivity contribution in [3.8, 4) is 0 Å². The van der Waals surface area contributed by atoms with Gasteiger partial charge in [-0.25, -0.2) is 4.79 Å². The molecular formula is C13H22N2O5. The monoisotopic (exact) mass is 286 g/mol. The highest BCUT2D eigenvalue weighted by atomic mass is 16.5. The topological polar surface area (TPSA) is 90.3 Å². The first-order valence-electron chi connectivity index (χ1n) is 7.00. The van der Waals surface area contributed by atoms with Crippen molar-refractivity contribution in [2.75, 3.05) is 33.4 Å². The summed E-state index contributed by atoms with van der Waals surface area (Å²) in [5.41, 5.74) is 0. The van der Waals surface area contributed by atoms with Gasteiger partial charge in [0.05, 0.1) is 19.1 Å². The van der Waals surface area contributed by atoms with Crippen molar-refractivity contribution >= 4 is 12.0 Å². The van der Waals surface area contributed by atoms with Gasteiger partial charge in [0.25, 0.3) is 0 Å². The second-order valence-electron chi connectivity index (χ2n) is 5.37. The Balaban J connectivity index is 2.06. The van der Waals surface area contributed by atoms with Gasteiger partial charge in [-0.05, 0) is 19.3 Å². The summed E-state index contributed by atoms with van der Waals surface area (Å²) >= 11 is 0. The molecule has 7 heteroatoms. The standard InChI is InChI=1S/C13H22N2O5/c1-20-7-5-14(4-6-16)13(19)15-9-2-3-11(15)10(8-9)12(17)18/h9-11,16H,2-8H2,1H3,(H,17,18). The molecule has 0 aliphatic carbocycles. The number of aliphatic carboxylic acids is 1. The zero-order valence-electron chi connectivity index (χ0n) is 11.7. The molecule has 3 atom stereocenters. The van der Waals surface area contributed by atoms with Crippen LogP contribution in [0.5, 0.6) is 0 Å². The number of ether oxygens (including phenoxy) is 1. The van der Waals surface area contributed by atoms with Crippen LogP contribution in [-0.4, -0.2) is 77.5 Å². The van der Waals surface area contributed by atoms with E-state index in [0.717, 1.165) is 12.8 Å². The molecule has 114 valence electrons. The maximum Gasteiger partial charge on any atom is 0.320 e.